The highest BCUT2D eigenvalue weighted by atomic mass is 16.6. The van der Waals surface area contributed by atoms with Gasteiger partial charge in [0, 0.05) is 24.5 Å². The van der Waals surface area contributed by atoms with Gasteiger partial charge in [0.25, 0.3) is 0 Å². The van der Waals surface area contributed by atoms with Crippen molar-refractivity contribution >= 4 is 34.1 Å². The van der Waals surface area contributed by atoms with E-state index in [-0.39, 0.29) is 5.70 Å². The van der Waals surface area contributed by atoms with Crippen molar-refractivity contribution in [3.63, 3.8) is 0 Å². The highest BCUT2D eigenvalue weighted by Crippen LogP contribution is 2.58. The summed E-state index contributed by atoms with van der Waals surface area (Å²) < 4.78 is 23.2. The smallest absolute Gasteiger partial charge is 0.308 e. The second-order valence-electron chi connectivity index (χ2n) is 9.76. The number of fused-ring (bicyclic) bond motifs is 4. The fraction of sp³-hybridized carbons (Fsp3) is 0.345. The maximum atomic E-state index is 12.6. The van der Waals surface area contributed by atoms with Crippen LogP contribution >= 0.6 is 0 Å². The third-order valence-electron chi connectivity index (χ3n) is 7.31. The largest absolute Gasteiger partial charge is 0.497 e. The minimum atomic E-state index is -1.15. The first-order valence-corrected chi connectivity index (χ1v) is 12.2. The van der Waals surface area contributed by atoms with E-state index in [1.54, 1.807) is 19.2 Å². The van der Waals surface area contributed by atoms with E-state index in [2.05, 4.69) is 36.9 Å². The maximum Gasteiger partial charge on any atom is 0.308 e. The summed E-state index contributed by atoms with van der Waals surface area (Å²) in [4.78, 5) is 26.4. The zero-order chi connectivity index (χ0) is 26.5. The van der Waals surface area contributed by atoms with Crippen molar-refractivity contribution in [3.8, 4) is 23.0 Å². The second-order valence-corrected chi connectivity index (χ2v) is 9.76. The monoisotopic (exact) mass is 502 g/mol. The van der Waals surface area contributed by atoms with Gasteiger partial charge in [0.15, 0.2) is 23.1 Å². The third kappa shape index (κ3) is 3.44. The van der Waals surface area contributed by atoms with E-state index in [4.69, 9.17) is 18.9 Å². The Balaban J connectivity index is 1.72. The van der Waals surface area contributed by atoms with Crippen molar-refractivity contribution in [2.45, 2.75) is 45.3 Å². The van der Waals surface area contributed by atoms with Crippen LogP contribution in [-0.4, -0.2) is 38.4 Å². The Morgan fingerprint density at radius 3 is 2.51 bits per heavy atom. The molecular weight excluding hydrogens is 472 g/mol. The first-order chi connectivity index (χ1) is 17.7. The molecule has 0 fully saturated rings. The van der Waals surface area contributed by atoms with Gasteiger partial charge in [-0.25, -0.2) is 4.79 Å². The Kier molecular flexibility index (Phi) is 5.80. The summed E-state index contributed by atoms with van der Waals surface area (Å²) in [6.45, 7) is 8.24. The molecule has 0 saturated carbocycles. The molecule has 2 heterocycles. The van der Waals surface area contributed by atoms with Gasteiger partial charge >= 0.3 is 5.97 Å². The number of hydrogen-bond donors (Lipinski definition) is 1. The van der Waals surface area contributed by atoms with Crippen LogP contribution in [0.2, 0.25) is 0 Å². The van der Waals surface area contributed by atoms with Crippen LogP contribution in [-0.2, 0) is 15.0 Å². The summed E-state index contributed by atoms with van der Waals surface area (Å²) in [5, 5.41) is 4.92. The second kappa shape index (κ2) is 8.75. The van der Waals surface area contributed by atoms with E-state index in [0.29, 0.717) is 29.5 Å². The molecule has 8 heteroatoms. The van der Waals surface area contributed by atoms with Gasteiger partial charge in [-0.1, -0.05) is 13.0 Å². The lowest BCUT2D eigenvalue weighted by molar-refractivity contribution is -0.132. The molecular formula is C29H30N2O6. The normalized spacial score (nSPS) is 19.0. The Labute approximate surface area is 215 Å². The number of ether oxygens (including phenoxy) is 4. The summed E-state index contributed by atoms with van der Waals surface area (Å²) >= 11 is 0. The molecule has 0 aliphatic carbocycles. The lowest BCUT2D eigenvalue weighted by atomic mass is 9.75. The number of nitrogens with zero attached hydrogens (tertiary/aromatic N) is 1. The molecule has 0 bridgehead atoms. The van der Waals surface area contributed by atoms with Crippen LogP contribution in [0, 0.1) is 0 Å². The number of nitrogens with one attached hydrogen (secondary N) is 1. The highest BCUT2D eigenvalue weighted by Gasteiger charge is 2.64. The average Bonchev–Trinajstić information content (AvgIpc) is 3.06. The standard InChI is InChI=1S/C29H30N2O6/c1-7-12-31-22-10-9-19(34-5)14-21(22)28(3,4)29(31)26(16-32)30-27-20-15-24(35-6)25(36-17(2)33)13-18(20)8-11-23(27)37-29/h8-11,13-15,30H,7,12H2,1-6H3. The number of esters is 1. The number of carbonyl (C=O) groups excluding carboxylic acids is 2. The van der Waals surface area contributed by atoms with Crippen molar-refractivity contribution in [1.82, 2.24) is 0 Å². The topological polar surface area (TPSA) is 86.3 Å². The predicted molar refractivity (Wildman–Crippen MR) is 142 cm³/mol. The lowest BCUT2D eigenvalue weighted by Gasteiger charge is -2.49. The van der Waals surface area contributed by atoms with Crippen molar-refractivity contribution in [1.29, 1.82) is 0 Å². The number of rotatable bonds is 5. The summed E-state index contributed by atoms with van der Waals surface area (Å²) in [7, 11) is 3.15. The van der Waals surface area contributed by atoms with E-state index < -0.39 is 17.1 Å². The third-order valence-corrected chi connectivity index (χ3v) is 7.31. The molecule has 1 spiro atoms. The van der Waals surface area contributed by atoms with Gasteiger partial charge in [-0.15, -0.1) is 0 Å². The SMILES string of the molecule is CCCN1c2ccc(OC)cc2C(C)(C)C12Oc1ccc3cc(OC(C)=O)c(OC)cc3c1NC2=C=O. The summed E-state index contributed by atoms with van der Waals surface area (Å²) in [5.41, 5.74) is 1.11. The van der Waals surface area contributed by atoms with Gasteiger partial charge in [0.1, 0.15) is 11.5 Å². The highest BCUT2D eigenvalue weighted by molar-refractivity contribution is 6.01. The van der Waals surface area contributed by atoms with Gasteiger partial charge in [-0.3, -0.25) is 4.79 Å². The summed E-state index contributed by atoms with van der Waals surface area (Å²) in [6.07, 6.45) is 0.847. The van der Waals surface area contributed by atoms with E-state index >= 15 is 0 Å². The van der Waals surface area contributed by atoms with Gasteiger partial charge < -0.3 is 29.2 Å². The zero-order valence-electron chi connectivity index (χ0n) is 21.9. The molecule has 1 unspecified atom stereocenters. The van der Waals surface area contributed by atoms with Crippen LogP contribution in [0.25, 0.3) is 10.8 Å². The van der Waals surface area contributed by atoms with E-state index in [0.717, 1.165) is 34.2 Å². The number of benzene rings is 3. The van der Waals surface area contributed by atoms with Crippen molar-refractivity contribution < 1.29 is 28.5 Å². The van der Waals surface area contributed by atoms with Gasteiger partial charge in [0.2, 0.25) is 5.72 Å². The Morgan fingerprint density at radius 1 is 1.08 bits per heavy atom. The van der Waals surface area contributed by atoms with Crippen LogP contribution in [0.1, 0.15) is 39.7 Å². The fourth-order valence-corrected chi connectivity index (χ4v) is 5.63. The molecule has 2 aliphatic heterocycles. The molecule has 192 valence electrons. The van der Waals surface area contributed by atoms with Crippen LogP contribution in [0.15, 0.2) is 48.2 Å². The fourth-order valence-electron chi connectivity index (χ4n) is 5.63. The van der Waals surface area contributed by atoms with Crippen LogP contribution in [0.3, 0.4) is 0 Å². The molecule has 8 nitrogen and oxygen atoms in total. The van der Waals surface area contributed by atoms with Gasteiger partial charge in [-0.05, 0) is 67.6 Å². The van der Waals surface area contributed by atoms with Gasteiger partial charge in [0.05, 0.1) is 25.3 Å². The molecule has 1 atom stereocenters. The lowest BCUT2D eigenvalue weighted by Crippen LogP contribution is -2.64. The average molecular weight is 503 g/mol. The minimum Gasteiger partial charge on any atom is -0.497 e. The van der Waals surface area contributed by atoms with Crippen LogP contribution in [0.5, 0.6) is 23.0 Å². The molecule has 2 aliphatic rings. The van der Waals surface area contributed by atoms with Crippen LogP contribution < -0.4 is 29.2 Å². The van der Waals surface area contributed by atoms with Crippen molar-refractivity contribution in [3.05, 3.63) is 53.7 Å². The Morgan fingerprint density at radius 2 is 1.86 bits per heavy atom. The Hall–Kier alpha value is -4.16. The molecule has 0 aromatic heterocycles. The zero-order valence-corrected chi connectivity index (χ0v) is 21.9. The maximum absolute atomic E-state index is 12.6. The molecule has 1 N–H and O–H groups in total. The molecule has 3 aromatic rings. The molecule has 0 radical (unpaired) electrons. The molecule has 37 heavy (non-hydrogen) atoms. The van der Waals surface area contributed by atoms with Crippen LogP contribution in [0.4, 0.5) is 11.4 Å². The van der Waals surface area contributed by atoms with E-state index in [1.165, 1.54) is 14.0 Å². The van der Waals surface area contributed by atoms with E-state index in [9.17, 15) is 9.59 Å². The molecule has 5 rings (SSSR count). The minimum absolute atomic E-state index is 0.282. The van der Waals surface area contributed by atoms with Gasteiger partial charge in [-0.2, -0.15) is 0 Å². The first-order valence-electron chi connectivity index (χ1n) is 12.2. The number of anilines is 2. The Bertz CT molecular complexity index is 1470. The predicted octanol–water partition coefficient (Wildman–Crippen LogP) is 5.21. The molecule has 3 aromatic carbocycles. The summed E-state index contributed by atoms with van der Waals surface area (Å²) in [5.74, 6) is 3.76. The summed E-state index contributed by atoms with van der Waals surface area (Å²) in [6, 6.07) is 13.2. The molecule has 0 saturated heterocycles. The van der Waals surface area contributed by atoms with Crippen molar-refractivity contribution in [2.75, 3.05) is 31.0 Å². The quantitative estimate of drug-likeness (QED) is 0.289. The van der Waals surface area contributed by atoms with Crippen molar-refractivity contribution in [2.24, 2.45) is 0 Å². The van der Waals surface area contributed by atoms with E-state index in [1.807, 2.05) is 30.3 Å². The first kappa shape index (κ1) is 24.5. The number of methoxy groups -OCH3 is 2. The number of carbonyl (C=O) groups is 1. The number of hydrogen-bond acceptors (Lipinski definition) is 8. The molecule has 0 amide bonds.